The van der Waals surface area contributed by atoms with E-state index in [4.69, 9.17) is 15.0 Å². The summed E-state index contributed by atoms with van der Waals surface area (Å²) < 4.78 is 0. The summed E-state index contributed by atoms with van der Waals surface area (Å²) in [7, 11) is 0. The molecule has 0 spiro atoms. The second-order valence-corrected chi connectivity index (χ2v) is 0.283. The van der Waals surface area contributed by atoms with Gasteiger partial charge in [-0.15, -0.1) is 0 Å². The Bertz CT molecular complexity index is 40.0. The highest BCUT2D eigenvalue weighted by Gasteiger charge is 1.70. The summed E-state index contributed by atoms with van der Waals surface area (Å²) in [6.07, 6.45) is -1.83. The third-order valence-electron chi connectivity index (χ3n) is 0. The van der Waals surface area contributed by atoms with E-state index >= 15 is 0 Å². The van der Waals surface area contributed by atoms with Crippen LogP contribution in [0.25, 0.3) is 0 Å². The molecule has 0 amide bonds. The van der Waals surface area contributed by atoms with Crippen LogP contribution in [-0.4, -0.2) is 16.4 Å². The topological polar surface area (TPSA) is 163 Å². The lowest BCUT2D eigenvalue weighted by Gasteiger charge is -1.60. The highest BCUT2D eigenvalue weighted by Crippen LogP contribution is 1.42. The maximum atomic E-state index is 8.56. The van der Waals surface area contributed by atoms with Gasteiger partial charge in [0.1, 0.15) is 0 Å². The van der Waals surface area contributed by atoms with Crippen LogP contribution in [-0.2, 0) is 0 Å². The van der Waals surface area contributed by atoms with Crippen LogP contribution < -0.4 is 18.5 Å². The smallest absolute Gasteiger partial charge is 0.450 e. The van der Waals surface area contributed by atoms with E-state index in [0.29, 0.717) is 0 Å². The van der Waals surface area contributed by atoms with Gasteiger partial charge in [-0.1, -0.05) is 0 Å². The van der Waals surface area contributed by atoms with Crippen molar-refractivity contribution in [3.63, 3.8) is 0 Å². The minimum Gasteiger partial charge on any atom is -0.450 e. The zero-order valence-electron chi connectivity index (χ0n) is 4.74. The average molecular weight is 153 g/mol. The van der Waals surface area contributed by atoms with Crippen LogP contribution in [0.1, 0.15) is 0 Å². The minimum absolute atomic E-state index is 0. The fraction of sp³-hybridized carbons (Fsp3) is 0. The molecule has 0 aromatic carbocycles. The summed E-state index contributed by atoms with van der Waals surface area (Å²) in [6.45, 7) is 0. The van der Waals surface area contributed by atoms with Gasteiger partial charge >= 0.3 is 6.16 Å². The predicted octanol–water partition coefficient (Wildman–Crippen LogP) is 1.01. The van der Waals surface area contributed by atoms with Gasteiger partial charge in [0.25, 0.3) is 0 Å². The van der Waals surface area contributed by atoms with Gasteiger partial charge in [-0.3, -0.25) is 9.41 Å². The molecule has 0 aromatic heterocycles. The Morgan fingerprint density at radius 1 is 0.889 bits per heavy atom. The van der Waals surface area contributed by atoms with Gasteiger partial charge in [0.05, 0.1) is 0 Å². The summed E-state index contributed by atoms with van der Waals surface area (Å²) in [4.78, 5) is 8.56. The molecule has 0 bridgehead atoms. The van der Waals surface area contributed by atoms with Crippen LogP contribution >= 0.6 is 0 Å². The first-order valence-corrected chi connectivity index (χ1v) is 0.651. The maximum absolute atomic E-state index is 8.56. The van der Waals surface area contributed by atoms with E-state index in [9.17, 15) is 0 Å². The predicted molar refractivity (Wildman–Crippen MR) is 30.7 cm³/mol. The third-order valence-corrected chi connectivity index (χ3v) is 0. The van der Waals surface area contributed by atoms with Crippen LogP contribution in [0.15, 0.2) is 0 Å². The second-order valence-electron chi connectivity index (χ2n) is 0.283. The molecule has 0 radical (unpaired) electrons. The van der Waals surface area contributed by atoms with Gasteiger partial charge in [0.2, 0.25) is 0 Å². The molecule has 0 aliphatic rings. The van der Waals surface area contributed by atoms with E-state index in [0.717, 1.165) is 0 Å². The fourth-order valence-electron chi connectivity index (χ4n) is 0. The Hall–Kier alpha value is -0.990. The summed E-state index contributed by atoms with van der Waals surface area (Å²) in [6, 6.07) is 0. The van der Waals surface area contributed by atoms with Crippen LogP contribution in [0.2, 0.25) is 0 Å². The van der Waals surface area contributed by atoms with Crippen molar-refractivity contribution in [2.45, 2.75) is 0 Å². The van der Waals surface area contributed by atoms with Gasteiger partial charge < -0.3 is 28.7 Å². The van der Waals surface area contributed by atoms with Crippen molar-refractivity contribution in [2.24, 2.45) is 0 Å². The molecule has 0 saturated heterocycles. The van der Waals surface area contributed by atoms with Gasteiger partial charge in [-0.25, -0.2) is 4.79 Å². The van der Waals surface area contributed by atoms with Gasteiger partial charge in [0, 0.05) is 0 Å². The number of carboxylic acid groups (broad SMARTS) is 2. The zero-order valence-corrected chi connectivity index (χ0v) is 4.74. The molecule has 0 rings (SSSR count). The number of halogens is 2. The lowest BCUT2D eigenvalue weighted by molar-refractivity contribution is 0.137. The van der Waals surface area contributed by atoms with Crippen molar-refractivity contribution in [1.82, 2.24) is 18.5 Å². The van der Waals surface area contributed by atoms with E-state index < -0.39 is 6.16 Å². The Kier molecular flexibility index (Phi) is 678. The number of rotatable bonds is 0. The largest absolute Gasteiger partial charge is 0.503 e. The maximum Gasteiger partial charge on any atom is 0.503 e. The lowest BCUT2D eigenvalue weighted by Crippen LogP contribution is -1.81. The molecule has 9 heavy (non-hydrogen) atoms. The van der Waals surface area contributed by atoms with Crippen molar-refractivity contribution in [3.05, 3.63) is 0 Å². The van der Waals surface area contributed by atoms with Gasteiger partial charge in [0.15, 0.2) is 0 Å². The summed E-state index contributed by atoms with van der Waals surface area (Å²) in [5.41, 5.74) is 0. The first-order valence-electron chi connectivity index (χ1n) is 0.651. The first-order chi connectivity index (χ1) is 1.73. The SMILES string of the molecule is F.F.N.N.N.O=C(O)O. The molecule has 0 aliphatic carbocycles. The highest BCUT2D eigenvalue weighted by atomic mass is 19.0. The van der Waals surface area contributed by atoms with Crippen molar-refractivity contribution in [1.29, 1.82) is 0 Å². The Morgan fingerprint density at radius 3 is 0.889 bits per heavy atom. The van der Waals surface area contributed by atoms with E-state index in [-0.39, 0.29) is 27.9 Å². The Labute approximate surface area is 50.4 Å². The van der Waals surface area contributed by atoms with Crippen molar-refractivity contribution in [3.8, 4) is 0 Å². The van der Waals surface area contributed by atoms with Crippen LogP contribution in [0.5, 0.6) is 0 Å². The molecular formula is CH13F2N3O3. The molecule has 0 heterocycles. The summed E-state index contributed by atoms with van der Waals surface area (Å²) in [5, 5.41) is 13.9. The molecule has 8 heteroatoms. The number of hydrogen-bond donors (Lipinski definition) is 5. The quantitative estimate of drug-likeness (QED) is 0.348. The number of hydrogen-bond acceptors (Lipinski definition) is 4. The molecule has 11 N–H and O–H groups in total. The van der Waals surface area contributed by atoms with Gasteiger partial charge in [-0.2, -0.15) is 0 Å². The molecule has 6 nitrogen and oxygen atoms in total. The molecule has 0 unspecified atom stereocenters. The van der Waals surface area contributed by atoms with Crippen LogP contribution in [0.4, 0.5) is 14.2 Å². The molecular weight excluding hydrogens is 140 g/mol. The molecule has 0 aromatic rings. The monoisotopic (exact) mass is 153 g/mol. The van der Waals surface area contributed by atoms with Gasteiger partial charge in [-0.05, 0) is 0 Å². The third kappa shape index (κ3) is 180. The Morgan fingerprint density at radius 2 is 0.889 bits per heavy atom. The molecule has 0 atom stereocenters. The van der Waals surface area contributed by atoms with Crippen LogP contribution in [0.3, 0.4) is 0 Å². The Balaban J connectivity index is -0.00000000450. The van der Waals surface area contributed by atoms with Crippen molar-refractivity contribution in [2.75, 3.05) is 0 Å². The summed E-state index contributed by atoms with van der Waals surface area (Å²) >= 11 is 0. The van der Waals surface area contributed by atoms with Crippen molar-refractivity contribution >= 4 is 6.16 Å². The molecule has 0 aliphatic heterocycles. The zero-order chi connectivity index (χ0) is 3.58. The molecule has 0 fully saturated rings. The lowest BCUT2D eigenvalue weighted by atomic mass is 11.5. The van der Waals surface area contributed by atoms with E-state index in [2.05, 4.69) is 0 Å². The van der Waals surface area contributed by atoms with E-state index in [1.54, 1.807) is 0 Å². The number of carbonyl (C=O) groups is 1. The molecule has 0 saturated carbocycles. The van der Waals surface area contributed by atoms with E-state index in [1.165, 1.54) is 0 Å². The minimum atomic E-state index is -1.83. The molecule has 64 valence electrons. The van der Waals surface area contributed by atoms with Crippen LogP contribution in [0, 0.1) is 0 Å². The normalized spacial score (nSPS) is 2.67. The average Bonchev–Trinajstić information content (AvgIpc) is 0.811. The standard InChI is InChI=1S/CH2O3.2FH.3H3N/c2-1(3)4;;;;;/h(H2,2,3,4);2*1H;3*1H3. The fourth-order valence-corrected chi connectivity index (χ4v) is 0. The highest BCUT2D eigenvalue weighted by molar-refractivity contribution is 5.53. The summed E-state index contributed by atoms with van der Waals surface area (Å²) in [5.74, 6) is 0. The van der Waals surface area contributed by atoms with E-state index in [1.807, 2.05) is 0 Å². The second kappa shape index (κ2) is 62.7. The van der Waals surface area contributed by atoms with Crippen molar-refractivity contribution < 1.29 is 24.4 Å². The first kappa shape index (κ1) is 97.4.